The number of nitrogens with two attached hydrogens (primary N) is 1. The maximum atomic E-state index is 12.5. The summed E-state index contributed by atoms with van der Waals surface area (Å²) in [6.45, 7) is 0. The fourth-order valence-electron chi connectivity index (χ4n) is 0.554. The van der Waals surface area contributed by atoms with Gasteiger partial charge in [0.2, 0.25) is 0 Å². The third-order valence-corrected chi connectivity index (χ3v) is 1.48. The van der Waals surface area contributed by atoms with E-state index in [1.165, 1.54) is 6.07 Å². The van der Waals surface area contributed by atoms with Gasteiger partial charge in [0.25, 0.3) is 0 Å². The molecule has 0 saturated carbocycles. The molecule has 3 N–H and O–H groups in total. The summed E-state index contributed by atoms with van der Waals surface area (Å²) in [5.74, 6) is -1.36. The first kappa shape index (κ1) is 7.15. The number of nitrogen functional groups attached to an aromatic ring is 1. The van der Waals surface area contributed by atoms with Gasteiger partial charge in [-0.15, -0.1) is 0 Å². The summed E-state index contributed by atoms with van der Waals surface area (Å²) in [4.78, 5) is 0. The molecular formula is C6H5ClFNO. The molecule has 10 heavy (non-hydrogen) atoms. The number of phenolic OH excluding ortho intramolecular Hbond substituents is 1. The van der Waals surface area contributed by atoms with Crippen LogP contribution in [0.5, 0.6) is 5.75 Å². The van der Waals surface area contributed by atoms with E-state index in [2.05, 4.69) is 0 Å². The highest BCUT2D eigenvalue weighted by atomic mass is 35.5. The summed E-state index contributed by atoms with van der Waals surface area (Å²) in [5, 5.41) is 8.47. The van der Waals surface area contributed by atoms with E-state index in [9.17, 15) is 4.39 Å². The molecule has 0 bridgehead atoms. The second kappa shape index (κ2) is 2.34. The lowest BCUT2D eigenvalue weighted by Gasteiger charge is -1.99. The SMILES string of the molecule is Nc1ccc(O)c(F)c1Cl. The van der Waals surface area contributed by atoms with Gasteiger partial charge in [0.05, 0.1) is 5.69 Å². The van der Waals surface area contributed by atoms with Crippen molar-refractivity contribution in [2.45, 2.75) is 0 Å². The number of rotatable bonds is 0. The Morgan fingerprint density at radius 1 is 1.50 bits per heavy atom. The van der Waals surface area contributed by atoms with Crippen molar-refractivity contribution in [3.63, 3.8) is 0 Å². The number of phenols is 1. The summed E-state index contributed by atoms with van der Waals surface area (Å²) in [7, 11) is 0. The number of anilines is 1. The molecule has 0 spiro atoms. The molecule has 0 aromatic heterocycles. The van der Waals surface area contributed by atoms with Crippen molar-refractivity contribution in [1.82, 2.24) is 0 Å². The smallest absolute Gasteiger partial charge is 0.185 e. The number of halogens is 2. The van der Waals surface area contributed by atoms with Crippen LogP contribution in [0.3, 0.4) is 0 Å². The number of hydrogen-bond acceptors (Lipinski definition) is 2. The summed E-state index contributed by atoms with van der Waals surface area (Å²) in [6, 6.07) is 2.48. The lowest BCUT2D eigenvalue weighted by atomic mass is 10.3. The first-order valence-corrected chi connectivity index (χ1v) is 2.93. The van der Waals surface area contributed by atoms with E-state index in [0.717, 1.165) is 6.07 Å². The lowest BCUT2D eigenvalue weighted by Crippen LogP contribution is -1.88. The van der Waals surface area contributed by atoms with Gasteiger partial charge in [0.1, 0.15) is 5.02 Å². The van der Waals surface area contributed by atoms with E-state index in [1.54, 1.807) is 0 Å². The van der Waals surface area contributed by atoms with Gasteiger partial charge in [0.15, 0.2) is 11.6 Å². The first-order chi connectivity index (χ1) is 4.63. The third kappa shape index (κ3) is 0.998. The monoisotopic (exact) mass is 161 g/mol. The molecule has 0 aliphatic heterocycles. The topological polar surface area (TPSA) is 46.2 Å². The summed E-state index contributed by atoms with van der Waals surface area (Å²) < 4.78 is 12.5. The zero-order chi connectivity index (χ0) is 7.72. The van der Waals surface area contributed by atoms with Crippen LogP contribution >= 0.6 is 11.6 Å². The van der Waals surface area contributed by atoms with Gasteiger partial charge in [-0.3, -0.25) is 0 Å². The van der Waals surface area contributed by atoms with Crippen LogP contribution in [0.1, 0.15) is 0 Å². The average Bonchev–Trinajstić information content (AvgIpc) is 1.93. The highest BCUT2D eigenvalue weighted by Crippen LogP contribution is 2.28. The van der Waals surface area contributed by atoms with E-state index in [1.807, 2.05) is 0 Å². The Hall–Kier alpha value is -0.960. The zero-order valence-electron chi connectivity index (χ0n) is 4.94. The number of aromatic hydroxyl groups is 1. The predicted octanol–water partition coefficient (Wildman–Crippen LogP) is 1.77. The van der Waals surface area contributed by atoms with Crippen molar-refractivity contribution in [1.29, 1.82) is 0 Å². The third-order valence-electron chi connectivity index (χ3n) is 1.09. The molecule has 0 radical (unpaired) electrons. The standard InChI is InChI=1S/C6H5ClFNO/c7-5-3(9)1-2-4(10)6(5)8/h1-2,10H,9H2. The summed E-state index contributed by atoms with van der Waals surface area (Å²) in [5.41, 5.74) is 5.33. The van der Waals surface area contributed by atoms with Crippen LogP contribution < -0.4 is 5.73 Å². The molecule has 0 aliphatic carbocycles. The van der Waals surface area contributed by atoms with Crippen LogP contribution in [0.25, 0.3) is 0 Å². The van der Waals surface area contributed by atoms with Crippen molar-refractivity contribution in [2.75, 3.05) is 5.73 Å². The fraction of sp³-hybridized carbons (Fsp3) is 0. The molecule has 0 atom stereocenters. The molecule has 0 saturated heterocycles. The average molecular weight is 162 g/mol. The molecule has 1 aromatic carbocycles. The van der Waals surface area contributed by atoms with Crippen LogP contribution in [0.2, 0.25) is 5.02 Å². The maximum absolute atomic E-state index is 12.5. The van der Waals surface area contributed by atoms with E-state index in [-0.39, 0.29) is 10.7 Å². The molecule has 0 aliphatic rings. The van der Waals surface area contributed by atoms with E-state index < -0.39 is 11.6 Å². The van der Waals surface area contributed by atoms with Crippen molar-refractivity contribution in [3.05, 3.63) is 23.0 Å². The molecule has 54 valence electrons. The Morgan fingerprint density at radius 3 is 2.60 bits per heavy atom. The largest absolute Gasteiger partial charge is 0.505 e. The van der Waals surface area contributed by atoms with Gasteiger partial charge in [-0.05, 0) is 12.1 Å². The Kier molecular flexibility index (Phi) is 1.68. The Balaban J connectivity index is 3.34. The lowest BCUT2D eigenvalue weighted by molar-refractivity contribution is 0.433. The highest BCUT2D eigenvalue weighted by molar-refractivity contribution is 6.33. The van der Waals surface area contributed by atoms with Crippen LogP contribution in [0, 0.1) is 5.82 Å². The zero-order valence-corrected chi connectivity index (χ0v) is 5.69. The molecule has 4 heteroatoms. The quantitative estimate of drug-likeness (QED) is 0.450. The fourth-order valence-corrected chi connectivity index (χ4v) is 0.714. The Labute approximate surface area is 62.0 Å². The molecule has 1 aromatic rings. The van der Waals surface area contributed by atoms with Crippen LogP contribution in [-0.4, -0.2) is 5.11 Å². The number of benzene rings is 1. The molecule has 1 rings (SSSR count). The maximum Gasteiger partial charge on any atom is 0.185 e. The summed E-state index contributed by atoms with van der Waals surface area (Å²) in [6.07, 6.45) is 0. The van der Waals surface area contributed by atoms with Crippen molar-refractivity contribution >= 4 is 17.3 Å². The minimum atomic E-state index is -0.873. The second-order valence-corrected chi connectivity index (χ2v) is 2.18. The Morgan fingerprint density at radius 2 is 2.10 bits per heavy atom. The van der Waals surface area contributed by atoms with Crippen LogP contribution in [0.15, 0.2) is 12.1 Å². The minimum Gasteiger partial charge on any atom is -0.505 e. The Bertz CT molecular complexity index is 237. The normalized spacial score (nSPS) is 9.80. The van der Waals surface area contributed by atoms with E-state index in [0.29, 0.717) is 0 Å². The molecule has 0 heterocycles. The van der Waals surface area contributed by atoms with E-state index >= 15 is 0 Å². The molecule has 0 unspecified atom stereocenters. The molecule has 0 amide bonds. The van der Waals surface area contributed by atoms with Crippen molar-refractivity contribution in [3.8, 4) is 5.75 Å². The highest BCUT2D eigenvalue weighted by Gasteiger charge is 2.07. The summed E-state index contributed by atoms with van der Waals surface area (Å²) >= 11 is 5.32. The van der Waals surface area contributed by atoms with Gasteiger partial charge < -0.3 is 10.8 Å². The van der Waals surface area contributed by atoms with Crippen LogP contribution in [0.4, 0.5) is 10.1 Å². The molecule has 0 fully saturated rings. The van der Waals surface area contributed by atoms with Crippen molar-refractivity contribution < 1.29 is 9.50 Å². The van der Waals surface area contributed by atoms with E-state index in [4.69, 9.17) is 22.4 Å². The predicted molar refractivity (Wildman–Crippen MR) is 37.5 cm³/mol. The van der Waals surface area contributed by atoms with Gasteiger partial charge in [-0.1, -0.05) is 11.6 Å². The number of hydrogen-bond donors (Lipinski definition) is 2. The van der Waals surface area contributed by atoms with Gasteiger partial charge in [0, 0.05) is 0 Å². The van der Waals surface area contributed by atoms with Crippen LogP contribution in [-0.2, 0) is 0 Å². The molecular weight excluding hydrogens is 157 g/mol. The van der Waals surface area contributed by atoms with Gasteiger partial charge >= 0.3 is 0 Å². The first-order valence-electron chi connectivity index (χ1n) is 2.55. The minimum absolute atomic E-state index is 0.122. The molecule has 2 nitrogen and oxygen atoms in total. The van der Waals surface area contributed by atoms with Gasteiger partial charge in [-0.2, -0.15) is 0 Å². The second-order valence-electron chi connectivity index (χ2n) is 1.80. The van der Waals surface area contributed by atoms with Crippen molar-refractivity contribution in [2.24, 2.45) is 0 Å². The van der Waals surface area contributed by atoms with Gasteiger partial charge in [-0.25, -0.2) is 4.39 Å².